The molecule has 0 bridgehead atoms. The Bertz CT molecular complexity index is 880. The lowest BCUT2D eigenvalue weighted by Gasteiger charge is -2.14. The predicted molar refractivity (Wildman–Crippen MR) is 107 cm³/mol. The van der Waals surface area contributed by atoms with E-state index < -0.39 is 0 Å². The van der Waals surface area contributed by atoms with E-state index in [4.69, 9.17) is 0 Å². The van der Waals surface area contributed by atoms with E-state index in [1.54, 1.807) is 6.07 Å². The number of aromatic hydroxyl groups is 2. The van der Waals surface area contributed by atoms with E-state index in [0.717, 1.165) is 27.8 Å². The van der Waals surface area contributed by atoms with Crippen LogP contribution in [0.15, 0.2) is 48.5 Å². The van der Waals surface area contributed by atoms with Crippen molar-refractivity contribution in [1.82, 2.24) is 0 Å². The minimum Gasteiger partial charge on any atom is -0.508 e. The van der Waals surface area contributed by atoms with E-state index in [-0.39, 0.29) is 5.75 Å². The molecule has 2 heteroatoms. The lowest BCUT2D eigenvalue weighted by atomic mass is 9.93. The summed E-state index contributed by atoms with van der Waals surface area (Å²) in [5.74, 6) is 0.602. The van der Waals surface area contributed by atoms with Crippen LogP contribution in [0.3, 0.4) is 0 Å². The first-order chi connectivity index (χ1) is 12.3. The standard InChI is InChI=1S/C24H26O2/c1-15-5-7-18(4)19(9-15)13-21-11-17(3)12-22(24(21)26)14-20-10-16(2)6-8-23(20)25/h5-12,25-26H,13-14H2,1-4H3. The molecule has 0 aliphatic carbocycles. The Balaban J connectivity index is 1.98. The third-order valence-electron chi connectivity index (χ3n) is 4.91. The number of phenolic OH excluding ortho intramolecular Hbond substituents is 2. The first kappa shape index (κ1) is 18.1. The summed E-state index contributed by atoms with van der Waals surface area (Å²) in [5, 5.41) is 21.0. The predicted octanol–water partition coefficient (Wildman–Crippen LogP) is 5.51. The number of hydrogen-bond donors (Lipinski definition) is 2. The van der Waals surface area contributed by atoms with Crippen molar-refractivity contribution in [2.75, 3.05) is 0 Å². The number of aryl methyl sites for hydroxylation is 4. The molecule has 0 saturated heterocycles. The number of benzene rings is 3. The van der Waals surface area contributed by atoms with Crippen LogP contribution in [0.25, 0.3) is 0 Å². The van der Waals surface area contributed by atoms with Crippen LogP contribution in [0, 0.1) is 27.7 Å². The van der Waals surface area contributed by atoms with E-state index in [9.17, 15) is 10.2 Å². The summed E-state index contributed by atoms with van der Waals surface area (Å²) in [5.41, 5.74) is 8.52. The van der Waals surface area contributed by atoms with Crippen LogP contribution in [0.1, 0.15) is 44.5 Å². The fourth-order valence-electron chi connectivity index (χ4n) is 3.46. The Morgan fingerprint density at radius 3 is 1.73 bits per heavy atom. The van der Waals surface area contributed by atoms with Crippen molar-refractivity contribution in [3.63, 3.8) is 0 Å². The Morgan fingerprint density at radius 2 is 1.08 bits per heavy atom. The molecule has 134 valence electrons. The van der Waals surface area contributed by atoms with Gasteiger partial charge in [0.25, 0.3) is 0 Å². The van der Waals surface area contributed by atoms with Crippen LogP contribution in [-0.4, -0.2) is 10.2 Å². The third kappa shape index (κ3) is 3.91. The quantitative estimate of drug-likeness (QED) is 0.653. The smallest absolute Gasteiger partial charge is 0.122 e. The monoisotopic (exact) mass is 346 g/mol. The van der Waals surface area contributed by atoms with Gasteiger partial charge in [0.05, 0.1) is 0 Å². The minimum atomic E-state index is 0.271. The van der Waals surface area contributed by atoms with Gasteiger partial charge >= 0.3 is 0 Å². The molecule has 0 unspecified atom stereocenters. The van der Waals surface area contributed by atoms with Crippen LogP contribution in [0.2, 0.25) is 0 Å². The maximum atomic E-state index is 10.9. The van der Waals surface area contributed by atoms with E-state index >= 15 is 0 Å². The van der Waals surface area contributed by atoms with Crippen LogP contribution >= 0.6 is 0 Å². The molecule has 0 spiro atoms. The van der Waals surface area contributed by atoms with Gasteiger partial charge in [0.1, 0.15) is 11.5 Å². The van der Waals surface area contributed by atoms with Gasteiger partial charge in [-0.25, -0.2) is 0 Å². The highest BCUT2D eigenvalue weighted by molar-refractivity contribution is 5.50. The molecule has 3 aromatic rings. The van der Waals surface area contributed by atoms with Gasteiger partial charge in [-0.05, 0) is 61.6 Å². The molecule has 0 radical (unpaired) electrons. The van der Waals surface area contributed by atoms with Crippen LogP contribution in [0.4, 0.5) is 0 Å². The van der Waals surface area contributed by atoms with E-state index in [1.165, 1.54) is 16.7 Å². The highest BCUT2D eigenvalue weighted by atomic mass is 16.3. The summed E-state index contributed by atoms with van der Waals surface area (Å²) < 4.78 is 0. The van der Waals surface area contributed by atoms with Crippen molar-refractivity contribution < 1.29 is 10.2 Å². The summed E-state index contributed by atoms with van der Waals surface area (Å²) in [6.45, 7) is 8.24. The Kier molecular flexibility index (Phi) is 5.03. The van der Waals surface area contributed by atoms with Crippen molar-refractivity contribution in [3.8, 4) is 11.5 Å². The number of phenols is 2. The van der Waals surface area contributed by atoms with Crippen molar-refractivity contribution in [1.29, 1.82) is 0 Å². The largest absolute Gasteiger partial charge is 0.508 e. The number of rotatable bonds is 4. The molecule has 0 aliphatic heterocycles. The topological polar surface area (TPSA) is 40.5 Å². The molecule has 0 atom stereocenters. The summed E-state index contributed by atoms with van der Waals surface area (Å²) in [6.07, 6.45) is 1.22. The highest BCUT2D eigenvalue weighted by Crippen LogP contribution is 2.31. The maximum Gasteiger partial charge on any atom is 0.122 e. The van der Waals surface area contributed by atoms with Gasteiger partial charge in [-0.1, -0.05) is 59.2 Å². The molecular weight excluding hydrogens is 320 g/mol. The second kappa shape index (κ2) is 7.25. The fourth-order valence-corrected chi connectivity index (χ4v) is 3.46. The SMILES string of the molecule is Cc1ccc(C)c(Cc2cc(C)cc(Cc3cc(C)ccc3O)c2O)c1. The zero-order chi connectivity index (χ0) is 18.8. The van der Waals surface area contributed by atoms with Crippen molar-refractivity contribution in [2.45, 2.75) is 40.5 Å². The summed E-state index contributed by atoms with van der Waals surface area (Å²) in [6, 6.07) is 16.1. The van der Waals surface area contributed by atoms with Crippen LogP contribution in [-0.2, 0) is 12.8 Å². The zero-order valence-corrected chi connectivity index (χ0v) is 15.9. The molecular formula is C24H26O2. The molecule has 2 N–H and O–H groups in total. The van der Waals surface area contributed by atoms with Crippen molar-refractivity contribution >= 4 is 0 Å². The normalized spacial score (nSPS) is 10.9. The minimum absolute atomic E-state index is 0.271. The lowest BCUT2D eigenvalue weighted by Crippen LogP contribution is -1.98. The van der Waals surface area contributed by atoms with Crippen LogP contribution < -0.4 is 0 Å². The second-order valence-electron chi connectivity index (χ2n) is 7.35. The molecule has 0 aliphatic rings. The summed E-state index contributed by atoms with van der Waals surface area (Å²) in [7, 11) is 0. The lowest BCUT2D eigenvalue weighted by molar-refractivity contribution is 0.459. The van der Waals surface area contributed by atoms with Gasteiger partial charge in [0.15, 0.2) is 0 Å². The Morgan fingerprint density at radius 1 is 0.577 bits per heavy atom. The number of hydrogen-bond acceptors (Lipinski definition) is 2. The molecule has 0 fully saturated rings. The molecule has 26 heavy (non-hydrogen) atoms. The molecule has 3 aromatic carbocycles. The van der Waals surface area contributed by atoms with E-state index in [1.807, 2.05) is 32.0 Å². The Hall–Kier alpha value is -2.74. The molecule has 0 heterocycles. The summed E-state index contributed by atoms with van der Waals surface area (Å²) in [4.78, 5) is 0. The van der Waals surface area contributed by atoms with Gasteiger partial charge in [0, 0.05) is 12.8 Å². The molecule has 3 rings (SSSR count). The van der Waals surface area contributed by atoms with Gasteiger partial charge in [-0.15, -0.1) is 0 Å². The average molecular weight is 346 g/mol. The van der Waals surface area contributed by atoms with Gasteiger partial charge in [0.2, 0.25) is 0 Å². The Labute approximate surface area is 155 Å². The van der Waals surface area contributed by atoms with Gasteiger partial charge in [-0.2, -0.15) is 0 Å². The second-order valence-corrected chi connectivity index (χ2v) is 7.35. The first-order valence-electron chi connectivity index (χ1n) is 8.99. The van der Waals surface area contributed by atoms with Crippen molar-refractivity contribution in [3.05, 3.63) is 93.0 Å². The van der Waals surface area contributed by atoms with E-state index in [0.29, 0.717) is 18.6 Å². The molecule has 2 nitrogen and oxygen atoms in total. The highest BCUT2D eigenvalue weighted by Gasteiger charge is 2.13. The summed E-state index contributed by atoms with van der Waals surface area (Å²) >= 11 is 0. The average Bonchev–Trinajstić information content (AvgIpc) is 2.58. The maximum absolute atomic E-state index is 10.9. The van der Waals surface area contributed by atoms with Crippen LogP contribution in [0.5, 0.6) is 11.5 Å². The van der Waals surface area contributed by atoms with Gasteiger partial charge in [-0.3, -0.25) is 0 Å². The first-order valence-corrected chi connectivity index (χ1v) is 8.99. The van der Waals surface area contributed by atoms with Crippen molar-refractivity contribution in [2.24, 2.45) is 0 Å². The molecule has 0 aromatic heterocycles. The molecule has 0 amide bonds. The van der Waals surface area contributed by atoms with Gasteiger partial charge < -0.3 is 10.2 Å². The van der Waals surface area contributed by atoms with E-state index in [2.05, 4.69) is 38.1 Å². The zero-order valence-electron chi connectivity index (χ0n) is 15.9. The fraction of sp³-hybridized carbons (Fsp3) is 0.250. The molecule has 0 saturated carbocycles. The third-order valence-corrected chi connectivity index (χ3v) is 4.91.